The van der Waals surface area contributed by atoms with Crippen LogP contribution in [-0.4, -0.2) is 35.2 Å². The van der Waals surface area contributed by atoms with Crippen molar-refractivity contribution in [2.45, 2.75) is 50.4 Å². The van der Waals surface area contributed by atoms with Crippen molar-refractivity contribution in [1.29, 1.82) is 0 Å². The molecule has 2 bridgehead atoms. The Hall–Kier alpha value is -0.580. The van der Waals surface area contributed by atoms with E-state index in [1.54, 1.807) is 6.07 Å². The minimum absolute atomic E-state index is 0.395. The van der Waals surface area contributed by atoms with Crippen LogP contribution in [0.25, 0.3) is 0 Å². The number of nitrogens with one attached hydrogen (secondary N) is 1. The molecule has 1 aromatic carbocycles. The smallest absolute Gasteiger partial charge is 0.120 e. The van der Waals surface area contributed by atoms with E-state index in [-0.39, 0.29) is 0 Å². The maximum absolute atomic E-state index is 9.94. The summed E-state index contributed by atoms with van der Waals surface area (Å²) in [4.78, 5) is 2.40. The van der Waals surface area contributed by atoms with Gasteiger partial charge in [0.05, 0.1) is 0 Å². The largest absolute Gasteiger partial charge is 0.508 e. The van der Waals surface area contributed by atoms with E-state index in [1.807, 2.05) is 12.1 Å². The highest BCUT2D eigenvalue weighted by molar-refractivity contribution is 9.10. The summed E-state index contributed by atoms with van der Waals surface area (Å²) in [6, 6.07) is 7.71. The number of phenolic OH excluding ortho intramolecular Hbond substituents is 1. The summed E-state index contributed by atoms with van der Waals surface area (Å²) in [6.07, 6.45) is 5.14. The average molecular weight is 325 g/mol. The fourth-order valence-electron chi connectivity index (χ4n) is 3.47. The molecule has 2 atom stereocenters. The second-order valence-electron chi connectivity index (χ2n) is 5.95. The second kappa shape index (κ2) is 5.43. The summed E-state index contributed by atoms with van der Waals surface area (Å²) in [5.41, 5.74) is 1.00. The van der Waals surface area contributed by atoms with Gasteiger partial charge >= 0.3 is 0 Å². The van der Waals surface area contributed by atoms with Crippen LogP contribution >= 0.6 is 15.9 Å². The third-order valence-electron chi connectivity index (χ3n) is 4.53. The zero-order valence-corrected chi connectivity index (χ0v) is 12.9. The minimum atomic E-state index is 0.395. The maximum atomic E-state index is 9.94. The number of nitrogens with zero attached hydrogens (tertiary/aromatic N) is 1. The van der Waals surface area contributed by atoms with Gasteiger partial charge in [0.25, 0.3) is 0 Å². The van der Waals surface area contributed by atoms with E-state index in [2.05, 4.69) is 33.2 Å². The molecule has 0 aliphatic carbocycles. The SMILES string of the molecule is CN(Cc1cc(Br)ccc1O)C1CC2CCC(C1)N2. The first-order chi connectivity index (χ1) is 9.11. The molecule has 0 amide bonds. The lowest BCUT2D eigenvalue weighted by Gasteiger charge is -2.35. The standard InChI is InChI=1S/C15H21BrN2O/c1-18(9-10-6-11(16)2-5-15(10)19)14-7-12-3-4-13(8-14)17-12/h2,5-6,12-14,17,19H,3-4,7-9H2,1H3. The first-order valence-electron chi connectivity index (χ1n) is 7.05. The van der Waals surface area contributed by atoms with Crippen LogP contribution in [-0.2, 0) is 6.54 Å². The van der Waals surface area contributed by atoms with Gasteiger partial charge in [0.15, 0.2) is 0 Å². The van der Waals surface area contributed by atoms with Crippen LogP contribution in [0.3, 0.4) is 0 Å². The van der Waals surface area contributed by atoms with Gasteiger partial charge in [-0.1, -0.05) is 15.9 Å². The maximum Gasteiger partial charge on any atom is 0.120 e. The first kappa shape index (κ1) is 13.4. The molecular formula is C15H21BrN2O. The molecule has 2 aliphatic heterocycles. The van der Waals surface area contributed by atoms with Crippen molar-refractivity contribution in [3.63, 3.8) is 0 Å². The number of fused-ring (bicyclic) bond motifs is 2. The lowest BCUT2D eigenvalue weighted by atomic mass is 9.98. The van der Waals surface area contributed by atoms with Crippen LogP contribution in [0.2, 0.25) is 0 Å². The number of halogens is 1. The van der Waals surface area contributed by atoms with Gasteiger partial charge in [0.1, 0.15) is 5.75 Å². The van der Waals surface area contributed by atoms with Gasteiger partial charge in [-0.3, -0.25) is 4.90 Å². The zero-order valence-electron chi connectivity index (χ0n) is 11.3. The van der Waals surface area contributed by atoms with Crippen molar-refractivity contribution in [2.75, 3.05) is 7.05 Å². The number of piperidine rings is 1. The van der Waals surface area contributed by atoms with Crippen molar-refractivity contribution < 1.29 is 5.11 Å². The molecule has 2 unspecified atom stereocenters. The second-order valence-corrected chi connectivity index (χ2v) is 6.87. The van der Waals surface area contributed by atoms with Crippen LogP contribution in [0.15, 0.2) is 22.7 Å². The van der Waals surface area contributed by atoms with E-state index < -0.39 is 0 Å². The topological polar surface area (TPSA) is 35.5 Å². The van der Waals surface area contributed by atoms with Crippen LogP contribution in [0, 0.1) is 0 Å². The van der Waals surface area contributed by atoms with Crippen LogP contribution in [0.5, 0.6) is 5.75 Å². The monoisotopic (exact) mass is 324 g/mol. The van der Waals surface area contributed by atoms with Crippen molar-refractivity contribution in [3.05, 3.63) is 28.2 Å². The first-order valence-corrected chi connectivity index (χ1v) is 7.85. The molecule has 0 spiro atoms. The highest BCUT2D eigenvalue weighted by Gasteiger charge is 2.35. The molecule has 19 heavy (non-hydrogen) atoms. The van der Waals surface area contributed by atoms with E-state index in [0.717, 1.165) is 16.6 Å². The molecule has 3 nitrogen and oxygen atoms in total. The van der Waals surface area contributed by atoms with Gasteiger partial charge in [-0.05, 0) is 50.9 Å². The van der Waals surface area contributed by atoms with E-state index in [1.165, 1.54) is 25.7 Å². The average Bonchev–Trinajstić information content (AvgIpc) is 2.72. The molecule has 2 heterocycles. The molecule has 2 aliphatic rings. The van der Waals surface area contributed by atoms with Gasteiger partial charge in [0, 0.05) is 34.7 Å². The Labute approximate surface area is 123 Å². The fourth-order valence-corrected chi connectivity index (χ4v) is 3.87. The number of benzene rings is 1. The summed E-state index contributed by atoms with van der Waals surface area (Å²) < 4.78 is 1.03. The predicted molar refractivity (Wildman–Crippen MR) is 80.2 cm³/mol. The Morgan fingerprint density at radius 1 is 1.32 bits per heavy atom. The van der Waals surface area contributed by atoms with Crippen molar-refractivity contribution in [3.8, 4) is 5.75 Å². The van der Waals surface area contributed by atoms with E-state index >= 15 is 0 Å². The van der Waals surface area contributed by atoms with Gasteiger partial charge in [-0.2, -0.15) is 0 Å². The molecule has 2 saturated heterocycles. The quantitative estimate of drug-likeness (QED) is 0.897. The molecule has 0 saturated carbocycles. The number of hydrogen-bond donors (Lipinski definition) is 2. The molecule has 2 N–H and O–H groups in total. The van der Waals surface area contributed by atoms with E-state index in [4.69, 9.17) is 0 Å². The Morgan fingerprint density at radius 3 is 2.68 bits per heavy atom. The minimum Gasteiger partial charge on any atom is -0.508 e. The molecule has 104 valence electrons. The number of rotatable bonds is 3. The molecular weight excluding hydrogens is 304 g/mol. The predicted octanol–water partition coefficient (Wildman–Crippen LogP) is 2.87. The van der Waals surface area contributed by atoms with Crippen molar-refractivity contribution >= 4 is 15.9 Å². The summed E-state index contributed by atoms with van der Waals surface area (Å²) in [5.74, 6) is 0.395. The summed E-state index contributed by atoms with van der Waals surface area (Å²) in [7, 11) is 2.18. The molecule has 2 fully saturated rings. The van der Waals surface area contributed by atoms with Crippen molar-refractivity contribution in [2.24, 2.45) is 0 Å². The highest BCUT2D eigenvalue weighted by atomic mass is 79.9. The van der Waals surface area contributed by atoms with Gasteiger partial charge in [0.2, 0.25) is 0 Å². The Bertz CT molecular complexity index is 453. The lowest BCUT2D eigenvalue weighted by molar-refractivity contribution is 0.164. The summed E-state index contributed by atoms with van der Waals surface area (Å²) >= 11 is 3.47. The number of aromatic hydroxyl groups is 1. The molecule has 1 aromatic rings. The fraction of sp³-hybridized carbons (Fsp3) is 0.600. The molecule has 0 radical (unpaired) electrons. The van der Waals surface area contributed by atoms with E-state index in [9.17, 15) is 5.11 Å². The summed E-state index contributed by atoms with van der Waals surface area (Å²) in [6.45, 7) is 0.815. The Morgan fingerprint density at radius 2 is 2.00 bits per heavy atom. The van der Waals surface area contributed by atoms with Crippen molar-refractivity contribution in [1.82, 2.24) is 10.2 Å². The molecule has 0 aromatic heterocycles. The summed E-state index contributed by atoms with van der Waals surface area (Å²) in [5, 5.41) is 13.6. The molecule has 3 rings (SSSR count). The number of hydrogen-bond acceptors (Lipinski definition) is 3. The number of phenols is 1. The normalized spacial score (nSPS) is 29.9. The lowest BCUT2D eigenvalue weighted by Crippen LogP contribution is -2.46. The van der Waals surface area contributed by atoms with Crippen LogP contribution < -0.4 is 5.32 Å². The third kappa shape index (κ3) is 2.96. The highest BCUT2D eigenvalue weighted by Crippen LogP contribution is 2.31. The Kier molecular flexibility index (Phi) is 3.83. The van der Waals surface area contributed by atoms with Gasteiger partial charge < -0.3 is 10.4 Å². The van der Waals surface area contributed by atoms with Crippen LogP contribution in [0.4, 0.5) is 0 Å². The zero-order chi connectivity index (χ0) is 13.4. The Balaban J connectivity index is 1.67. The molecule has 4 heteroatoms. The van der Waals surface area contributed by atoms with Gasteiger partial charge in [-0.25, -0.2) is 0 Å². The van der Waals surface area contributed by atoms with Crippen LogP contribution in [0.1, 0.15) is 31.2 Å². The van der Waals surface area contributed by atoms with Gasteiger partial charge in [-0.15, -0.1) is 0 Å². The third-order valence-corrected chi connectivity index (χ3v) is 5.03. The van der Waals surface area contributed by atoms with E-state index in [0.29, 0.717) is 23.9 Å².